The van der Waals surface area contributed by atoms with E-state index in [0.29, 0.717) is 24.7 Å². The first-order valence-corrected chi connectivity index (χ1v) is 9.03. The van der Waals surface area contributed by atoms with Gasteiger partial charge in [-0.2, -0.15) is 5.10 Å². The number of aromatic nitrogens is 2. The van der Waals surface area contributed by atoms with E-state index in [1.54, 1.807) is 6.20 Å². The molecule has 0 aliphatic carbocycles. The average molecular weight is 315 g/mol. The van der Waals surface area contributed by atoms with Crippen molar-refractivity contribution >= 4 is 10.0 Å². The van der Waals surface area contributed by atoms with Gasteiger partial charge in [-0.3, -0.25) is 10.00 Å². The summed E-state index contributed by atoms with van der Waals surface area (Å²) >= 11 is 0. The van der Waals surface area contributed by atoms with Crippen LogP contribution in [0.15, 0.2) is 11.2 Å². The van der Waals surface area contributed by atoms with Gasteiger partial charge in [-0.25, -0.2) is 13.1 Å². The predicted octanol–water partition coefficient (Wildman–Crippen LogP) is 0.282. The number of rotatable bonds is 8. The third-order valence-electron chi connectivity index (χ3n) is 3.93. The predicted molar refractivity (Wildman–Crippen MR) is 81.4 cm³/mol. The van der Waals surface area contributed by atoms with Gasteiger partial charge < -0.3 is 5.32 Å². The normalized spacial score (nSPS) is 20.2. The third kappa shape index (κ3) is 4.03. The summed E-state index contributed by atoms with van der Waals surface area (Å²) in [6.07, 6.45) is 3.74. The molecule has 7 nitrogen and oxygen atoms in total. The Kier molecular flexibility index (Phi) is 5.74. The van der Waals surface area contributed by atoms with Crippen molar-refractivity contribution in [2.24, 2.45) is 0 Å². The van der Waals surface area contributed by atoms with E-state index in [2.05, 4.69) is 32.1 Å². The summed E-state index contributed by atoms with van der Waals surface area (Å²) in [7, 11) is -3.53. The van der Waals surface area contributed by atoms with E-state index in [4.69, 9.17) is 0 Å². The second-order valence-electron chi connectivity index (χ2n) is 5.28. The van der Waals surface area contributed by atoms with Gasteiger partial charge in [-0.1, -0.05) is 13.8 Å². The maximum absolute atomic E-state index is 12.4. The fraction of sp³-hybridized carbons (Fsp3) is 0.769. The van der Waals surface area contributed by atoms with E-state index in [1.165, 1.54) is 0 Å². The van der Waals surface area contributed by atoms with Gasteiger partial charge in [0.05, 0.1) is 6.20 Å². The van der Waals surface area contributed by atoms with Crippen LogP contribution < -0.4 is 10.0 Å². The molecule has 0 saturated carbocycles. The quantitative estimate of drug-likeness (QED) is 0.641. The van der Waals surface area contributed by atoms with Gasteiger partial charge in [-0.05, 0) is 32.5 Å². The molecule has 0 radical (unpaired) electrons. The molecule has 1 fully saturated rings. The maximum Gasteiger partial charge on any atom is 0.257 e. The SMILES string of the molecule is CCNCc1cn[nH]c1S(=O)(=O)NCC1CCCN1CC. The number of hydrogen-bond donors (Lipinski definition) is 3. The van der Waals surface area contributed by atoms with E-state index < -0.39 is 10.0 Å². The molecule has 1 aromatic heterocycles. The Bertz CT molecular complexity index is 543. The summed E-state index contributed by atoms with van der Waals surface area (Å²) in [5.74, 6) is 0. The lowest BCUT2D eigenvalue weighted by Crippen LogP contribution is -2.40. The molecule has 0 bridgehead atoms. The topological polar surface area (TPSA) is 90.1 Å². The highest BCUT2D eigenvalue weighted by molar-refractivity contribution is 7.89. The maximum atomic E-state index is 12.4. The molecule has 1 atom stereocenters. The van der Waals surface area contributed by atoms with Crippen molar-refractivity contribution in [3.8, 4) is 0 Å². The first kappa shape index (κ1) is 16.4. The summed E-state index contributed by atoms with van der Waals surface area (Å²) in [6.45, 7) is 7.83. The molecular formula is C13H25N5O2S. The van der Waals surface area contributed by atoms with Crippen molar-refractivity contribution in [2.45, 2.75) is 44.3 Å². The molecule has 8 heteroatoms. The lowest BCUT2D eigenvalue weighted by atomic mass is 10.2. The molecule has 0 amide bonds. The molecule has 1 unspecified atom stereocenters. The standard InChI is InChI=1S/C13H25N5O2S/c1-3-14-8-11-9-15-17-13(11)21(19,20)16-10-12-6-5-7-18(12)4-2/h9,12,14,16H,3-8,10H2,1-2H3,(H,15,17). The molecule has 2 rings (SSSR count). The number of hydrogen-bond acceptors (Lipinski definition) is 5. The Morgan fingerprint density at radius 2 is 2.29 bits per heavy atom. The fourth-order valence-corrected chi connectivity index (χ4v) is 3.94. The van der Waals surface area contributed by atoms with Crippen LogP contribution in [0.2, 0.25) is 0 Å². The van der Waals surface area contributed by atoms with Crippen molar-refractivity contribution in [3.05, 3.63) is 11.8 Å². The van der Waals surface area contributed by atoms with Gasteiger partial charge in [0.1, 0.15) is 0 Å². The van der Waals surface area contributed by atoms with Crippen LogP contribution in [-0.2, 0) is 16.6 Å². The van der Waals surface area contributed by atoms with Crippen LogP contribution in [0.3, 0.4) is 0 Å². The van der Waals surface area contributed by atoms with E-state index in [1.807, 2.05) is 6.92 Å². The average Bonchev–Trinajstić information content (AvgIpc) is 3.11. The van der Waals surface area contributed by atoms with Crippen LogP contribution in [0.25, 0.3) is 0 Å². The zero-order valence-corrected chi connectivity index (χ0v) is 13.5. The van der Waals surface area contributed by atoms with Crippen LogP contribution >= 0.6 is 0 Å². The van der Waals surface area contributed by atoms with Crippen LogP contribution in [0, 0.1) is 0 Å². The second-order valence-corrected chi connectivity index (χ2v) is 6.99. The van der Waals surface area contributed by atoms with Crippen molar-refractivity contribution in [1.29, 1.82) is 0 Å². The highest BCUT2D eigenvalue weighted by Gasteiger charge is 2.26. The molecule has 120 valence electrons. The number of nitrogens with zero attached hydrogens (tertiary/aromatic N) is 2. The third-order valence-corrected chi connectivity index (χ3v) is 5.36. The second kappa shape index (κ2) is 7.35. The Labute approximate surface area is 126 Å². The number of H-pyrrole nitrogens is 1. The summed E-state index contributed by atoms with van der Waals surface area (Å²) in [4.78, 5) is 2.31. The van der Waals surface area contributed by atoms with E-state index in [9.17, 15) is 8.42 Å². The van der Waals surface area contributed by atoms with Gasteiger partial charge >= 0.3 is 0 Å². The van der Waals surface area contributed by atoms with Crippen molar-refractivity contribution < 1.29 is 8.42 Å². The lowest BCUT2D eigenvalue weighted by Gasteiger charge is -2.22. The van der Waals surface area contributed by atoms with E-state index in [-0.39, 0.29) is 5.03 Å². The highest BCUT2D eigenvalue weighted by Crippen LogP contribution is 2.17. The lowest BCUT2D eigenvalue weighted by molar-refractivity contribution is 0.268. The molecule has 0 aromatic carbocycles. The largest absolute Gasteiger partial charge is 0.313 e. The van der Waals surface area contributed by atoms with Crippen LogP contribution in [0.4, 0.5) is 0 Å². The number of aromatic amines is 1. The monoisotopic (exact) mass is 315 g/mol. The summed E-state index contributed by atoms with van der Waals surface area (Å²) in [5.41, 5.74) is 0.670. The van der Waals surface area contributed by atoms with Crippen molar-refractivity contribution in [3.63, 3.8) is 0 Å². The zero-order chi connectivity index (χ0) is 15.3. The minimum atomic E-state index is -3.53. The molecule has 1 aliphatic heterocycles. The molecule has 1 saturated heterocycles. The van der Waals surface area contributed by atoms with E-state index in [0.717, 1.165) is 32.5 Å². The number of sulfonamides is 1. The summed E-state index contributed by atoms with van der Waals surface area (Å²) in [5, 5.41) is 9.75. The van der Waals surface area contributed by atoms with Gasteiger partial charge in [-0.15, -0.1) is 0 Å². The van der Waals surface area contributed by atoms with Gasteiger partial charge in [0.2, 0.25) is 0 Å². The molecule has 2 heterocycles. The Hall–Kier alpha value is -0.960. The smallest absolute Gasteiger partial charge is 0.257 e. The van der Waals surface area contributed by atoms with Crippen molar-refractivity contribution in [1.82, 2.24) is 25.1 Å². The molecule has 3 N–H and O–H groups in total. The van der Waals surface area contributed by atoms with Crippen LogP contribution in [0.5, 0.6) is 0 Å². The number of nitrogens with one attached hydrogen (secondary N) is 3. The van der Waals surface area contributed by atoms with Gasteiger partial charge in [0.25, 0.3) is 10.0 Å². The number of likely N-dealkylation sites (N-methyl/N-ethyl adjacent to an activating group) is 1. The van der Waals surface area contributed by atoms with Crippen LogP contribution in [-0.4, -0.2) is 55.7 Å². The zero-order valence-electron chi connectivity index (χ0n) is 12.7. The molecular weight excluding hydrogens is 290 g/mol. The number of likely N-dealkylation sites (tertiary alicyclic amines) is 1. The van der Waals surface area contributed by atoms with E-state index >= 15 is 0 Å². The first-order chi connectivity index (χ1) is 10.1. The Morgan fingerprint density at radius 3 is 3.00 bits per heavy atom. The van der Waals surface area contributed by atoms with Crippen LogP contribution in [0.1, 0.15) is 32.3 Å². The Morgan fingerprint density at radius 1 is 1.48 bits per heavy atom. The van der Waals surface area contributed by atoms with Gasteiger partial charge in [0.15, 0.2) is 5.03 Å². The fourth-order valence-electron chi connectivity index (χ4n) is 2.74. The van der Waals surface area contributed by atoms with Gasteiger partial charge in [0, 0.05) is 24.7 Å². The minimum Gasteiger partial charge on any atom is -0.313 e. The molecule has 1 aromatic rings. The Balaban J connectivity index is 2.00. The van der Waals surface area contributed by atoms with Crippen molar-refractivity contribution in [2.75, 3.05) is 26.2 Å². The molecule has 21 heavy (non-hydrogen) atoms. The summed E-state index contributed by atoms with van der Waals surface area (Å²) in [6, 6.07) is 0.296. The highest BCUT2D eigenvalue weighted by atomic mass is 32.2. The first-order valence-electron chi connectivity index (χ1n) is 7.55. The molecule has 0 spiro atoms. The summed E-state index contributed by atoms with van der Waals surface area (Å²) < 4.78 is 27.5. The molecule has 1 aliphatic rings. The minimum absolute atomic E-state index is 0.171.